The second-order valence-electron chi connectivity index (χ2n) is 5.49. The molecule has 0 N–H and O–H groups in total. The number of ketones is 1. The Balaban J connectivity index is 2.02. The van der Waals surface area contributed by atoms with Crippen molar-refractivity contribution in [2.45, 2.75) is 40.0 Å². The van der Waals surface area contributed by atoms with Crippen molar-refractivity contribution in [2.24, 2.45) is 11.8 Å². The molecule has 2 heterocycles. The van der Waals surface area contributed by atoms with Gasteiger partial charge in [-0.3, -0.25) is 4.79 Å². The number of carbonyl (C=O) groups is 1. The maximum Gasteiger partial charge on any atom is 0.185 e. The summed E-state index contributed by atoms with van der Waals surface area (Å²) in [6.07, 6.45) is 5.51. The van der Waals surface area contributed by atoms with Crippen LogP contribution in [0.1, 0.15) is 49.7 Å². The number of aromatic nitrogens is 1. The molecule has 0 spiro atoms. The zero-order valence-electron chi connectivity index (χ0n) is 11.5. The van der Waals surface area contributed by atoms with Gasteiger partial charge >= 0.3 is 0 Å². The second-order valence-corrected chi connectivity index (χ2v) is 6.49. The minimum atomic E-state index is 0.119. The van der Waals surface area contributed by atoms with E-state index in [-0.39, 0.29) is 5.78 Å². The first kappa shape index (κ1) is 13.5. The number of anilines is 1. The van der Waals surface area contributed by atoms with Crippen molar-refractivity contribution in [3.8, 4) is 0 Å². The molecule has 0 aromatic carbocycles. The SMILES string of the molecule is CC(=O)c1cnc(N2CCCC(C(C)C)CC2)s1. The number of thiazole rings is 1. The van der Waals surface area contributed by atoms with Crippen molar-refractivity contribution < 1.29 is 4.79 Å². The van der Waals surface area contributed by atoms with Gasteiger partial charge in [-0.15, -0.1) is 0 Å². The number of hydrogen-bond acceptors (Lipinski definition) is 4. The number of carbonyl (C=O) groups excluding carboxylic acids is 1. The van der Waals surface area contributed by atoms with Crippen LogP contribution in [0.4, 0.5) is 5.13 Å². The van der Waals surface area contributed by atoms with E-state index in [2.05, 4.69) is 23.7 Å². The zero-order valence-corrected chi connectivity index (χ0v) is 12.3. The van der Waals surface area contributed by atoms with E-state index in [1.807, 2.05) is 0 Å². The summed E-state index contributed by atoms with van der Waals surface area (Å²) in [5, 5.41) is 1.02. The molecule has 18 heavy (non-hydrogen) atoms. The molecule has 4 heteroatoms. The normalized spacial score (nSPS) is 21.1. The first-order valence-corrected chi connectivity index (χ1v) is 7.61. The molecule has 1 aliphatic rings. The Morgan fingerprint density at radius 1 is 1.44 bits per heavy atom. The van der Waals surface area contributed by atoms with E-state index in [9.17, 15) is 4.79 Å². The standard InChI is InChI=1S/C14H22N2OS/c1-10(2)12-5-4-7-16(8-6-12)14-15-9-13(18-14)11(3)17/h9-10,12H,4-8H2,1-3H3. The van der Waals surface area contributed by atoms with Gasteiger partial charge in [0.15, 0.2) is 10.9 Å². The largest absolute Gasteiger partial charge is 0.348 e. The summed E-state index contributed by atoms with van der Waals surface area (Å²) < 4.78 is 0. The van der Waals surface area contributed by atoms with Gasteiger partial charge in [-0.2, -0.15) is 0 Å². The monoisotopic (exact) mass is 266 g/mol. The second kappa shape index (κ2) is 5.83. The summed E-state index contributed by atoms with van der Waals surface area (Å²) in [6, 6.07) is 0. The average molecular weight is 266 g/mol. The summed E-state index contributed by atoms with van der Waals surface area (Å²) in [6.45, 7) is 8.39. The highest BCUT2D eigenvalue weighted by Gasteiger charge is 2.21. The molecular formula is C14H22N2OS. The molecule has 100 valence electrons. The first-order chi connectivity index (χ1) is 8.58. The van der Waals surface area contributed by atoms with Crippen LogP contribution in [0, 0.1) is 11.8 Å². The molecule has 1 aromatic rings. The molecule has 1 aliphatic heterocycles. The van der Waals surface area contributed by atoms with Gasteiger partial charge in [0, 0.05) is 20.0 Å². The maximum absolute atomic E-state index is 11.3. The van der Waals surface area contributed by atoms with Gasteiger partial charge in [-0.25, -0.2) is 4.98 Å². The molecule has 0 radical (unpaired) electrons. The molecule has 3 nitrogen and oxygen atoms in total. The van der Waals surface area contributed by atoms with Crippen LogP contribution in [0.25, 0.3) is 0 Å². The predicted octanol–water partition coefficient (Wildman–Crippen LogP) is 3.61. The lowest BCUT2D eigenvalue weighted by Gasteiger charge is -2.20. The molecular weight excluding hydrogens is 244 g/mol. The summed E-state index contributed by atoms with van der Waals surface area (Å²) in [4.78, 5) is 18.8. The van der Waals surface area contributed by atoms with Gasteiger partial charge in [0.2, 0.25) is 0 Å². The van der Waals surface area contributed by atoms with Gasteiger partial charge in [0.05, 0.1) is 11.1 Å². The Morgan fingerprint density at radius 2 is 2.22 bits per heavy atom. The summed E-state index contributed by atoms with van der Waals surface area (Å²) >= 11 is 1.53. The topological polar surface area (TPSA) is 33.2 Å². The van der Waals surface area contributed by atoms with Gasteiger partial charge < -0.3 is 4.90 Å². The summed E-state index contributed by atoms with van der Waals surface area (Å²) in [5.74, 6) is 1.73. The van der Waals surface area contributed by atoms with Crippen LogP contribution in [0.5, 0.6) is 0 Å². The van der Waals surface area contributed by atoms with E-state index in [0.29, 0.717) is 0 Å². The van der Waals surface area contributed by atoms with Crippen molar-refractivity contribution in [2.75, 3.05) is 18.0 Å². The van der Waals surface area contributed by atoms with Crippen LogP contribution in [0.3, 0.4) is 0 Å². The van der Waals surface area contributed by atoms with E-state index in [4.69, 9.17) is 0 Å². The van der Waals surface area contributed by atoms with Crippen molar-refractivity contribution in [1.29, 1.82) is 0 Å². The highest BCUT2D eigenvalue weighted by atomic mass is 32.1. The van der Waals surface area contributed by atoms with Crippen LogP contribution in [0.2, 0.25) is 0 Å². The highest BCUT2D eigenvalue weighted by molar-refractivity contribution is 7.17. The maximum atomic E-state index is 11.3. The summed E-state index contributed by atoms with van der Waals surface area (Å²) in [5.41, 5.74) is 0. The Morgan fingerprint density at radius 3 is 2.83 bits per heavy atom. The summed E-state index contributed by atoms with van der Waals surface area (Å²) in [7, 11) is 0. The minimum Gasteiger partial charge on any atom is -0.348 e. The van der Waals surface area contributed by atoms with Gasteiger partial charge in [0.25, 0.3) is 0 Å². The van der Waals surface area contributed by atoms with E-state index < -0.39 is 0 Å². The fourth-order valence-corrected chi connectivity index (χ4v) is 3.42. The van der Waals surface area contributed by atoms with E-state index in [0.717, 1.165) is 34.9 Å². The third-order valence-corrected chi connectivity index (χ3v) is 4.99. The fraction of sp³-hybridized carbons (Fsp3) is 0.714. The van der Waals surface area contributed by atoms with Crippen LogP contribution in [0.15, 0.2) is 6.20 Å². The highest BCUT2D eigenvalue weighted by Crippen LogP contribution is 2.29. The van der Waals surface area contributed by atoms with Gasteiger partial charge in [0.1, 0.15) is 0 Å². The number of Topliss-reactive ketones (excluding diaryl/α,β-unsaturated/α-hetero) is 1. The van der Waals surface area contributed by atoms with Crippen molar-refractivity contribution >= 4 is 22.3 Å². The Labute approximate surface area is 113 Å². The molecule has 0 amide bonds. The first-order valence-electron chi connectivity index (χ1n) is 6.79. The smallest absolute Gasteiger partial charge is 0.185 e. The predicted molar refractivity (Wildman–Crippen MR) is 76.5 cm³/mol. The molecule has 0 bridgehead atoms. The van der Waals surface area contributed by atoms with Crippen LogP contribution in [-0.2, 0) is 0 Å². The van der Waals surface area contributed by atoms with E-state index in [1.165, 1.54) is 30.6 Å². The fourth-order valence-electron chi connectivity index (χ4n) is 2.55. The lowest BCUT2D eigenvalue weighted by atomic mass is 9.89. The molecule has 1 fully saturated rings. The lowest BCUT2D eigenvalue weighted by molar-refractivity contribution is 0.102. The van der Waals surface area contributed by atoms with Crippen molar-refractivity contribution in [3.63, 3.8) is 0 Å². The molecule has 1 unspecified atom stereocenters. The third kappa shape index (κ3) is 3.10. The van der Waals surface area contributed by atoms with Gasteiger partial charge in [-0.05, 0) is 31.1 Å². The van der Waals surface area contributed by atoms with Crippen LogP contribution < -0.4 is 4.90 Å². The van der Waals surface area contributed by atoms with Crippen LogP contribution in [-0.4, -0.2) is 23.9 Å². The lowest BCUT2D eigenvalue weighted by Crippen LogP contribution is -2.24. The van der Waals surface area contributed by atoms with Crippen LogP contribution >= 0.6 is 11.3 Å². The third-order valence-electron chi connectivity index (χ3n) is 3.83. The van der Waals surface area contributed by atoms with E-state index in [1.54, 1.807) is 13.1 Å². The molecule has 0 saturated carbocycles. The van der Waals surface area contributed by atoms with Crippen molar-refractivity contribution in [3.05, 3.63) is 11.1 Å². The Kier molecular flexibility index (Phi) is 4.38. The average Bonchev–Trinajstić information content (AvgIpc) is 2.67. The molecule has 1 atom stereocenters. The number of hydrogen-bond donors (Lipinski definition) is 0. The van der Waals surface area contributed by atoms with E-state index >= 15 is 0 Å². The number of rotatable bonds is 3. The minimum absolute atomic E-state index is 0.119. The Hall–Kier alpha value is -0.900. The Bertz CT molecular complexity index is 414. The molecule has 1 aromatic heterocycles. The number of nitrogens with zero attached hydrogens (tertiary/aromatic N) is 2. The quantitative estimate of drug-likeness (QED) is 0.784. The van der Waals surface area contributed by atoms with Crippen molar-refractivity contribution in [1.82, 2.24) is 4.98 Å². The molecule has 0 aliphatic carbocycles. The van der Waals surface area contributed by atoms with Gasteiger partial charge in [-0.1, -0.05) is 25.2 Å². The molecule has 2 rings (SSSR count). The molecule has 1 saturated heterocycles. The zero-order chi connectivity index (χ0) is 13.1.